The molecule has 6 rings (SSSR count). The number of pyridine rings is 1. The van der Waals surface area contributed by atoms with Crippen LogP contribution in [0.15, 0.2) is 36.7 Å². The van der Waals surface area contributed by atoms with E-state index < -0.39 is 6.04 Å². The molecule has 1 aromatic carbocycles. The van der Waals surface area contributed by atoms with E-state index in [-0.39, 0.29) is 30.2 Å². The van der Waals surface area contributed by atoms with Crippen molar-refractivity contribution in [1.29, 1.82) is 0 Å². The number of halogens is 1. The van der Waals surface area contributed by atoms with Crippen LogP contribution in [0.25, 0.3) is 0 Å². The molecule has 8 nitrogen and oxygen atoms in total. The van der Waals surface area contributed by atoms with Crippen LogP contribution in [0.2, 0.25) is 5.02 Å². The molecule has 1 atom stereocenters. The highest BCUT2D eigenvalue weighted by molar-refractivity contribution is 6.31. The molecule has 1 aromatic heterocycles. The van der Waals surface area contributed by atoms with Crippen molar-refractivity contribution in [3.8, 4) is 5.75 Å². The van der Waals surface area contributed by atoms with Crippen molar-refractivity contribution < 1.29 is 19.1 Å². The summed E-state index contributed by atoms with van der Waals surface area (Å²) in [6.07, 6.45) is 10.3. The molecular weight excluding hydrogens is 480 g/mol. The molecule has 0 spiro atoms. The van der Waals surface area contributed by atoms with Crippen LogP contribution in [0.1, 0.15) is 72.3 Å². The molecule has 1 saturated carbocycles. The minimum atomic E-state index is -0.569. The molecule has 3 amide bonds. The van der Waals surface area contributed by atoms with Gasteiger partial charge in [0.2, 0.25) is 11.8 Å². The number of fused-ring (bicyclic) bond motifs is 1. The second-order valence-electron chi connectivity index (χ2n) is 9.85. The Bertz CT molecular complexity index is 1150. The predicted octanol–water partition coefficient (Wildman–Crippen LogP) is 3.58. The Hall–Kier alpha value is -2.97. The number of imide groups is 1. The van der Waals surface area contributed by atoms with E-state index in [9.17, 15) is 14.4 Å². The van der Waals surface area contributed by atoms with E-state index in [0.717, 1.165) is 42.3 Å². The lowest BCUT2D eigenvalue weighted by molar-refractivity contribution is -0.136. The maximum absolute atomic E-state index is 12.6. The molecule has 4 aliphatic rings. The highest BCUT2D eigenvalue weighted by atomic mass is 35.5. The molecule has 2 N–H and O–H groups in total. The monoisotopic (exact) mass is 510 g/mol. The number of benzene rings is 1. The standard InChI is InChI=1S/C19H22N2O4.C8H9ClN2/c22-17-9-8-16(18(23)20-17)21-11-12-10-14(6-7-15(12)19(21)24)25-13-4-2-1-3-5-13;9-8-5-10-2-1-7(8)6-3-11-4-6/h6-7,10,13,16H,1-5,8-9,11H2,(H,20,22,23);1-2,5-6,11H,3-4H2. The number of hydrogen-bond acceptors (Lipinski definition) is 6. The second-order valence-corrected chi connectivity index (χ2v) is 10.3. The molecule has 1 unspecified atom stereocenters. The zero-order valence-corrected chi connectivity index (χ0v) is 20.9. The van der Waals surface area contributed by atoms with Crippen LogP contribution in [0.5, 0.6) is 5.75 Å². The lowest BCUT2D eigenvalue weighted by Gasteiger charge is -2.29. The lowest BCUT2D eigenvalue weighted by Crippen LogP contribution is -2.52. The van der Waals surface area contributed by atoms with Gasteiger partial charge in [0.1, 0.15) is 11.8 Å². The van der Waals surface area contributed by atoms with Gasteiger partial charge in [-0.1, -0.05) is 18.0 Å². The maximum Gasteiger partial charge on any atom is 0.255 e. The Labute approximate surface area is 215 Å². The number of amides is 3. The van der Waals surface area contributed by atoms with Gasteiger partial charge in [0, 0.05) is 49.9 Å². The number of nitrogens with one attached hydrogen (secondary N) is 2. The highest BCUT2D eigenvalue weighted by Crippen LogP contribution is 2.32. The van der Waals surface area contributed by atoms with E-state index in [1.807, 2.05) is 18.2 Å². The van der Waals surface area contributed by atoms with Crippen LogP contribution in [0, 0.1) is 0 Å². The number of hydrogen-bond donors (Lipinski definition) is 2. The summed E-state index contributed by atoms with van der Waals surface area (Å²) < 4.78 is 6.08. The summed E-state index contributed by atoms with van der Waals surface area (Å²) in [4.78, 5) is 41.5. The molecule has 190 valence electrons. The third kappa shape index (κ3) is 5.39. The van der Waals surface area contributed by atoms with Crippen molar-refractivity contribution in [3.63, 3.8) is 0 Å². The van der Waals surface area contributed by atoms with E-state index in [1.165, 1.54) is 24.8 Å². The fourth-order valence-corrected chi connectivity index (χ4v) is 5.50. The van der Waals surface area contributed by atoms with Gasteiger partial charge in [-0.05, 0) is 67.5 Å². The number of piperidine rings is 1. The van der Waals surface area contributed by atoms with E-state index in [4.69, 9.17) is 16.3 Å². The Balaban J connectivity index is 0.000000202. The van der Waals surface area contributed by atoms with Gasteiger partial charge in [-0.15, -0.1) is 0 Å². The first kappa shape index (κ1) is 24.7. The van der Waals surface area contributed by atoms with Gasteiger partial charge in [-0.2, -0.15) is 0 Å². The summed E-state index contributed by atoms with van der Waals surface area (Å²) in [5.74, 6) is 0.604. The fourth-order valence-electron chi connectivity index (χ4n) is 5.23. The number of rotatable bonds is 4. The normalized spacial score (nSPS) is 22.3. The third-order valence-electron chi connectivity index (χ3n) is 7.38. The quantitative estimate of drug-likeness (QED) is 0.610. The summed E-state index contributed by atoms with van der Waals surface area (Å²) in [5.41, 5.74) is 2.74. The van der Waals surface area contributed by atoms with E-state index >= 15 is 0 Å². The number of nitrogens with zero attached hydrogens (tertiary/aromatic N) is 2. The molecule has 9 heteroatoms. The Morgan fingerprint density at radius 3 is 2.53 bits per heavy atom. The minimum Gasteiger partial charge on any atom is -0.490 e. The minimum absolute atomic E-state index is 0.145. The van der Waals surface area contributed by atoms with E-state index in [1.54, 1.807) is 23.4 Å². The van der Waals surface area contributed by atoms with E-state index in [2.05, 4.69) is 15.6 Å². The van der Waals surface area contributed by atoms with Crippen molar-refractivity contribution >= 4 is 29.3 Å². The SMILES string of the molecule is Clc1cnccc1C1CNC1.O=C1CCC(N2Cc3cc(OC4CCCCC4)ccc3C2=O)C(=O)N1. The second kappa shape index (κ2) is 11.0. The van der Waals surface area contributed by atoms with Crippen molar-refractivity contribution in [2.24, 2.45) is 0 Å². The van der Waals surface area contributed by atoms with Gasteiger partial charge in [-0.3, -0.25) is 24.7 Å². The van der Waals surface area contributed by atoms with Crippen molar-refractivity contribution in [3.05, 3.63) is 58.4 Å². The third-order valence-corrected chi connectivity index (χ3v) is 7.69. The largest absolute Gasteiger partial charge is 0.490 e. The predicted molar refractivity (Wildman–Crippen MR) is 135 cm³/mol. The molecular formula is C27H31ClN4O4. The van der Waals surface area contributed by atoms with Gasteiger partial charge < -0.3 is 15.0 Å². The van der Waals surface area contributed by atoms with Crippen molar-refractivity contribution in [2.75, 3.05) is 13.1 Å². The lowest BCUT2D eigenvalue weighted by atomic mass is 9.95. The van der Waals surface area contributed by atoms with Gasteiger partial charge in [0.05, 0.1) is 11.1 Å². The van der Waals surface area contributed by atoms with Crippen molar-refractivity contribution in [1.82, 2.24) is 20.5 Å². The van der Waals surface area contributed by atoms with Crippen LogP contribution in [0.4, 0.5) is 0 Å². The van der Waals surface area contributed by atoms with E-state index in [0.29, 0.717) is 24.4 Å². The van der Waals surface area contributed by atoms with Crippen LogP contribution in [-0.2, 0) is 16.1 Å². The average molecular weight is 511 g/mol. The highest BCUT2D eigenvalue weighted by Gasteiger charge is 2.39. The Morgan fingerprint density at radius 2 is 1.83 bits per heavy atom. The number of aromatic nitrogens is 1. The molecule has 36 heavy (non-hydrogen) atoms. The molecule has 0 bridgehead atoms. The molecule has 4 heterocycles. The number of carbonyl (C=O) groups excluding carboxylic acids is 3. The first-order chi connectivity index (χ1) is 17.5. The van der Waals surface area contributed by atoms with Gasteiger partial charge in [-0.25, -0.2) is 0 Å². The summed E-state index contributed by atoms with van der Waals surface area (Å²) in [7, 11) is 0. The zero-order valence-electron chi connectivity index (χ0n) is 20.2. The molecule has 0 radical (unpaired) electrons. The van der Waals surface area contributed by atoms with Gasteiger partial charge in [0.25, 0.3) is 5.91 Å². The first-order valence-electron chi connectivity index (χ1n) is 12.7. The average Bonchev–Trinajstić information content (AvgIpc) is 3.16. The van der Waals surface area contributed by atoms with Crippen LogP contribution in [0.3, 0.4) is 0 Å². The number of carbonyl (C=O) groups is 3. The molecule has 1 aliphatic carbocycles. The smallest absolute Gasteiger partial charge is 0.255 e. The molecule has 2 aromatic rings. The molecule has 3 aliphatic heterocycles. The summed E-state index contributed by atoms with van der Waals surface area (Å²) in [6, 6.07) is 6.99. The summed E-state index contributed by atoms with van der Waals surface area (Å²) in [6.45, 7) is 2.48. The Morgan fingerprint density at radius 1 is 1.03 bits per heavy atom. The maximum atomic E-state index is 12.6. The van der Waals surface area contributed by atoms with Gasteiger partial charge >= 0.3 is 0 Å². The summed E-state index contributed by atoms with van der Waals surface area (Å²) >= 11 is 5.94. The fraction of sp³-hybridized carbons (Fsp3) is 0.481. The Kier molecular flexibility index (Phi) is 7.53. The number of ether oxygens (including phenoxy) is 1. The van der Waals surface area contributed by atoms with Crippen LogP contribution < -0.4 is 15.4 Å². The van der Waals surface area contributed by atoms with Gasteiger partial charge in [0.15, 0.2) is 0 Å². The van der Waals surface area contributed by atoms with Crippen LogP contribution >= 0.6 is 11.6 Å². The van der Waals surface area contributed by atoms with Crippen LogP contribution in [-0.4, -0.2) is 52.8 Å². The molecule has 2 saturated heterocycles. The van der Waals surface area contributed by atoms with Crippen molar-refractivity contribution in [2.45, 2.75) is 69.6 Å². The summed E-state index contributed by atoms with van der Waals surface area (Å²) in [5, 5.41) is 6.32. The molecule has 3 fully saturated rings. The topological polar surface area (TPSA) is 101 Å². The zero-order chi connectivity index (χ0) is 25.1. The first-order valence-corrected chi connectivity index (χ1v) is 13.1.